The average Bonchev–Trinajstić information content (AvgIpc) is 2.46. The number of nitrogens with zero attached hydrogens (tertiary/aromatic N) is 1. The first-order chi connectivity index (χ1) is 9.74. The number of anilines is 1. The molecular weight excluding hydrogens is 272 g/mol. The molecule has 0 saturated heterocycles. The third-order valence-electron chi connectivity index (χ3n) is 3.17. The van der Waals surface area contributed by atoms with Crippen molar-refractivity contribution in [2.24, 2.45) is 0 Å². The van der Waals surface area contributed by atoms with Gasteiger partial charge < -0.3 is 10.4 Å². The molecule has 0 fully saturated rings. The Bertz CT molecular complexity index is 758. The van der Waals surface area contributed by atoms with Gasteiger partial charge in [-0.15, -0.1) is 0 Å². The Balaban J connectivity index is 1.90. The second-order valence-corrected chi connectivity index (χ2v) is 4.94. The molecule has 0 bridgehead atoms. The van der Waals surface area contributed by atoms with Gasteiger partial charge in [0, 0.05) is 34.4 Å². The van der Waals surface area contributed by atoms with E-state index in [-0.39, 0.29) is 0 Å². The number of benzene rings is 2. The molecular formula is C16H13ClN2O. The van der Waals surface area contributed by atoms with Crippen molar-refractivity contribution in [3.8, 4) is 5.75 Å². The summed E-state index contributed by atoms with van der Waals surface area (Å²) in [6.07, 6.45) is 1.74. The summed E-state index contributed by atoms with van der Waals surface area (Å²) in [6.45, 7) is 0.550. The fourth-order valence-electron chi connectivity index (χ4n) is 2.13. The van der Waals surface area contributed by atoms with E-state index in [1.165, 1.54) is 0 Å². The minimum absolute atomic E-state index is 0.293. The quantitative estimate of drug-likeness (QED) is 0.757. The van der Waals surface area contributed by atoms with Crippen LogP contribution in [0.1, 0.15) is 5.56 Å². The number of phenols is 1. The van der Waals surface area contributed by atoms with Crippen LogP contribution in [0.25, 0.3) is 10.9 Å². The molecule has 3 rings (SSSR count). The first-order valence-electron chi connectivity index (χ1n) is 6.29. The maximum Gasteiger partial charge on any atom is 0.120 e. The summed E-state index contributed by atoms with van der Waals surface area (Å²) in [5.41, 5.74) is 2.67. The van der Waals surface area contributed by atoms with Gasteiger partial charge in [0.2, 0.25) is 0 Å². The number of hydrogen-bond donors (Lipinski definition) is 2. The molecule has 100 valence electrons. The lowest BCUT2D eigenvalue weighted by Crippen LogP contribution is -2.00. The number of halogens is 1. The Labute approximate surface area is 121 Å². The van der Waals surface area contributed by atoms with Crippen molar-refractivity contribution in [1.82, 2.24) is 4.98 Å². The molecule has 3 nitrogen and oxygen atoms in total. The summed E-state index contributed by atoms with van der Waals surface area (Å²) in [5, 5.41) is 14.8. The molecule has 0 saturated carbocycles. The second-order valence-electron chi connectivity index (χ2n) is 4.50. The maximum atomic E-state index is 9.77. The van der Waals surface area contributed by atoms with Crippen molar-refractivity contribution in [2.75, 3.05) is 5.32 Å². The summed E-state index contributed by atoms with van der Waals surface area (Å²) in [4.78, 5) is 4.30. The molecule has 0 unspecified atom stereocenters. The van der Waals surface area contributed by atoms with Gasteiger partial charge in [0.15, 0.2) is 0 Å². The van der Waals surface area contributed by atoms with Gasteiger partial charge in [-0.25, -0.2) is 0 Å². The van der Waals surface area contributed by atoms with E-state index in [1.807, 2.05) is 42.5 Å². The predicted molar refractivity (Wildman–Crippen MR) is 82.2 cm³/mol. The fourth-order valence-corrected chi connectivity index (χ4v) is 2.29. The Morgan fingerprint density at radius 3 is 2.80 bits per heavy atom. The SMILES string of the molecule is Oc1ccccc1CNc1ccnc2cc(Cl)ccc12. The lowest BCUT2D eigenvalue weighted by Gasteiger charge is -2.10. The van der Waals surface area contributed by atoms with Crippen LogP contribution < -0.4 is 5.32 Å². The highest BCUT2D eigenvalue weighted by molar-refractivity contribution is 6.31. The van der Waals surface area contributed by atoms with Crippen LogP contribution in [0.4, 0.5) is 5.69 Å². The molecule has 0 amide bonds. The number of pyridine rings is 1. The number of rotatable bonds is 3. The molecule has 2 N–H and O–H groups in total. The normalized spacial score (nSPS) is 10.7. The van der Waals surface area contributed by atoms with Crippen molar-refractivity contribution in [3.05, 3.63) is 65.3 Å². The zero-order valence-electron chi connectivity index (χ0n) is 10.7. The van der Waals surface area contributed by atoms with Gasteiger partial charge in [-0.2, -0.15) is 0 Å². The number of nitrogens with one attached hydrogen (secondary N) is 1. The van der Waals surface area contributed by atoms with Gasteiger partial charge in [0.25, 0.3) is 0 Å². The maximum absolute atomic E-state index is 9.77. The molecule has 20 heavy (non-hydrogen) atoms. The Morgan fingerprint density at radius 2 is 1.95 bits per heavy atom. The second kappa shape index (κ2) is 5.39. The van der Waals surface area contributed by atoms with Crippen molar-refractivity contribution in [3.63, 3.8) is 0 Å². The lowest BCUT2D eigenvalue weighted by atomic mass is 10.1. The molecule has 0 radical (unpaired) electrons. The Kier molecular flexibility index (Phi) is 3.44. The molecule has 0 aliphatic carbocycles. The number of hydrogen-bond acceptors (Lipinski definition) is 3. The monoisotopic (exact) mass is 284 g/mol. The standard InChI is InChI=1S/C16H13ClN2O/c17-12-5-6-13-14(7-8-18-15(13)9-12)19-10-11-3-1-2-4-16(11)20/h1-9,20H,10H2,(H,18,19). The van der Waals surface area contributed by atoms with E-state index in [4.69, 9.17) is 11.6 Å². The average molecular weight is 285 g/mol. The predicted octanol–water partition coefficient (Wildman–Crippen LogP) is 4.21. The minimum atomic E-state index is 0.293. The van der Waals surface area contributed by atoms with Crippen molar-refractivity contribution >= 4 is 28.2 Å². The molecule has 1 aromatic heterocycles. The Morgan fingerprint density at radius 1 is 1.10 bits per heavy atom. The Hall–Kier alpha value is -2.26. The molecule has 0 spiro atoms. The van der Waals surface area contributed by atoms with Crippen LogP contribution in [-0.4, -0.2) is 10.1 Å². The third-order valence-corrected chi connectivity index (χ3v) is 3.40. The van der Waals surface area contributed by atoms with E-state index in [1.54, 1.807) is 12.3 Å². The fraction of sp³-hybridized carbons (Fsp3) is 0.0625. The molecule has 1 heterocycles. The summed E-state index contributed by atoms with van der Waals surface area (Å²) in [5.74, 6) is 0.293. The zero-order chi connectivity index (χ0) is 13.9. The van der Waals surface area contributed by atoms with Crippen LogP contribution in [0.15, 0.2) is 54.7 Å². The first-order valence-corrected chi connectivity index (χ1v) is 6.67. The molecule has 0 aliphatic heterocycles. The lowest BCUT2D eigenvalue weighted by molar-refractivity contribution is 0.469. The summed E-state index contributed by atoms with van der Waals surface area (Å²) < 4.78 is 0. The highest BCUT2D eigenvalue weighted by Crippen LogP contribution is 2.25. The van der Waals surface area contributed by atoms with E-state index in [0.717, 1.165) is 22.2 Å². The highest BCUT2D eigenvalue weighted by Gasteiger charge is 2.04. The van der Waals surface area contributed by atoms with E-state index < -0.39 is 0 Å². The molecule has 4 heteroatoms. The van der Waals surface area contributed by atoms with Gasteiger partial charge >= 0.3 is 0 Å². The van der Waals surface area contributed by atoms with Crippen LogP contribution in [0.3, 0.4) is 0 Å². The molecule has 0 atom stereocenters. The van der Waals surface area contributed by atoms with Crippen molar-refractivity contribution in [2.45, 2.75) is 6.54 Å². The smallest absolute Gasteiger partial charge is 0.120 e. The van der Waals surface area contributed by atoms with Crippen molar-refractivity contribution in [1.29, 1.82) is 0 Å². The minimum Gasteiger partial charge on any atom is -0.508 e. The number of phenolic OH excluding ortho intramolecular Hbond substituents is 1. The van der Waals surface area contributed by atoms with Crippen LogP contribution in [-0.2, 0) is 6.54 Å². The van der Waals surface area contributed by atoms with Crippen LogP contribution in [0.2, 0.25) is 5.02 Å². The summed E-state index contributed by atoms with van der Waals surface area (Å²) >= 11 is 5.97. The molecule has 0 aliphatic rings. The van der Waals surface area contributed by atoms with E-state index >= 15 is 0 Å². The van der Waals surface area contributed by atoms with E-state index in [9.17, 15) is 5.11 Å². The molecule has 3 aromatic rings. The van der Waals surface area contributed by atoms with Crippen molar-refractivity contribution < 1.29 is 5.11 Å². The summed E-state index contributed by atoms with van der Waals surface area (Å²) in [6, 6.07) is 14.8. The van der Waals surface area contributed by atoms with Crippen LogP contribution in [0, 0.1) is 0 Å². The van der Waals surface area contributed by atoms with Gasteiger partial charge in [0.1, 0.15) is 5.75 Å². The van der Waals surface area contributed by atoms with Crippen LogP contribution in [0.5, 0.6) is 5.75 Å². The first kappa shape index (κ1) is 12.8. The van der Waals surface area contributed by atoms with Gasteiger partial charge in [0.05, 0.1) is 5.52 Å². The number of aromatic hydroxyl groups is 1. The topological polar surface area (TPSA) is 45.1 Å². The largest absolute Gasteiger partial charge is 0.508 e. The number of para-hydroxylation sites is 1. The van der Waals surface area contributed by atoms with Crippen LogP contribution >= 0.6 is 11.6 Å². The van der Waals surface area contributed by atoms with Gasteiger partial charge in [-0.1, -0.05) is 29.8 Å². The third kappa shape index (κ3) is 2.53. The molecule has 2 aromatic carbocycles. The zero-order valence-corrected chi connectivity index (χ0v) is 11.4. The van der Waals surface area contributed by atoms with Gasteiger partial charge in [-0.3, -0.25) is 4.98 Å². The highest BCUT2D eigenvalue weighted by atomic mass is 35.5. The van der Waals surface area contributed by atoms with Gasteiger partial charge in [-0.05, 0) is 30.3 Å². The number of aromatic nitrogens is 1. The van der Waals surface area contributed by atoms with E-state index in [0.29, 0.717) is 17.3 Å². The van der Waals surface area contributed by atoms with E-state index in [2.05, 4.69) is 10.3 Å². The number of fused-ring (bicyclic) bond motifs is 1. The summed E-state index contributed by atoms with van der Waals surface area (Å²) in [7, 11) is 0.